The van der Waals surface area contributed by atoms with Crippen LogP contribution in [0.2, 0.25) is 5.02 Å². The topological polar surface area (TPSA) is 30.5 Å². The second-order valence-corrected chi connectivity index (χ2v) is 4.58. The normalized spacial score (nSPS) is 20.3. The van der Waals surface area contributed by atoms with Gasteiger partial charge in [-0.3, -0.25) is 0 Å². The molecule has 0 aromatic heterocycles. The number of benzene rings is 1. The van der Waals surface area contributed by atoms with Crippen molar-refractivity contribution in [3.63, 3.8) is 0 Å². The first-order chi connectivity index (χ1) is 8.97. The largest absolute Gasteiger partial charge is 0.416 e. The maximum atomic E-state index is 12.5. The number of hydrogen-bond donors (Lipinski definition) is 1. The van der Waals surface area contributed by atoms with Crippen LogP contribution in [0.5, 0.6) is 0 Å². The van der Waals surface area contributed by atoms with E-state index < -0.39 is 11.7 Å². The molecular weight excluding hydrogens is 283 g/mol. The van der Waals surface area contributed by atoms with Gasteiger partial charge in [-0.1, -0.05) is 11.6 Å². The Morgan fingerprint density at radius 3 is 2.74 bits per heavy atom. The number of nitrogens with one attached hydrogen (secondary N) is 1. The lowest BCUT2D eigenvalue weighted by Crippen LogP contribution is -2.30. The zero-order chi connectivity index (χ0) is 13.9. The Hall–Kier alpha value is -0.980. The summed E-state index contributed by atoms with van der Waals surface area (Å²) < 4.78 is 47.7. The fourth-order valence-electron chi connectivity index (χ4n) is 1.72. The molecule has 0 spiro atoms. The lowest BCUT2D eigenvalue weighted by molar-refractivity contribution is -0.137. The molecule has 1 aliphatic heterocycles. The van der Waals surface area contributed by atoms with Crippen LogP contribution in [0.3, 0.4) is 0 Å². The van der Waals surface area contributed by atoms with Crippen molar-refractivity contribution in [3.05, 3.63) is 28.8 Å². The Bertz CT molecular complexity index is 433. The summed E-state index contributed by atoms with van der Waals surface area (Å²) in [5.41, 5.74) is -0.296. The van der Waals surface area contributed by atoms with Crippen LogP contribution in [0.15, 0.2) is 18.2 Å². The molecule has 1 atom stereocenters. The highest BCUT2D eigenvalue weighted by Crippen LogP contribution is 2.33. The molecule has 1 aliphatic rings. The zero-order valence-corrected chi connectivity index (χ0v) is 10.7. The molecule has 0 aliphatic carbocycles. The molecule has 3 nitrogen and oxygen atoms in total. The summed E-state index contributed by atoms with van der Waals surface area (Å²) in [6, 6.07) is 3.23. The molecule has 1 unspecified atom stereocenters. The molecule has 1 fully saturated rings. The predicted molar refractivity (Wildman–Crippen MR) is 65.3 cm³/mol. The maximum absolute atomic E-state index is 12.5. The SMILES string of the molecule is FC(F)(F)c1ccc(NCC2CCOCO2)c(Cl)c1. The van der Waals surface area contributed by atoms with E-state index in [1.54, 1.807) is 0 Å². The van der Waals surface area contributed by atoms with Crippen LogP contribution < -0.4 is 5.32 Å². The average molecular weight is 296 g/mol. The van der Waals surface area contributed by atoms with Gasteiger partial charge < -0.3 is 14.8 Å². The lowest BCUT2D eigenvalue weighted by atomic mass is 10.2. The highest BCUT2D eigenvalue weighted by Gasteiger charge is 2.30. The number of ether oxygens (including phenoxy) is 2. The van der Waals surface area contributed by atoms with Crippen LogP contribution in [-0.4, -0.2) is 26.0 Å². The third kappa shape index (κ3) is 3.99. The molecule has 0 saturated carbocycles. The highest BCUT2D eigenvalue weighted by molar-refractivity contribution is 6.33. The van der Waals surface area contributed by atoms with Crippen molar-refractivity contribution in [2.75, 3.05) is 25.3 Å². The van der Waals surface area contributed by atoms with Gasteiger partial charge in [-0.05, 0) is 24.6 Å². The Labute approximate surface area is 113 Å². The lowest BCUT2D eigenvalue weighted by Gasteiger charge is -2.23. The van der Waals surface area contributed by atoms with Gasteiger partial charge in [0.05, 0.1) is 29.0 Å². The third-order valence-corrected chi connectivity index (χ3v) is 3.10. The molecule has 0 bridgehead atoms. The fraction of sp³-hybridized carbons (Fsp3) is 0.500. The van der Waals surface area contributed by atoms with E-state index in [0.29, 0.717) is 18.8 Å². The average Bonchev–Trinajstić information content (AvgIpc) is 2.37. The van der Waals surface area contributed by atoms with Crippen molar-refractivity contribution < 1.29 is 22.6 Å². The van der Waals surface area contributed by atoms with Crippen LogP contribution in [0.4, 0.5) is 18.9 Å². The Balaban J connectivity index is 1.97. The van der Waals surface area contributed by atoms with Gasteiger partial charge in [0.15, 0.2) is 0 Å². The van der Waals surface area contributed by atoms with Crippen molar-refractivity contribution in [2.24, 2.45) is 0 Å². The summed E-state index contributed by atoms with van der Waals surface area (Å²) in [7, 11) is 0. The zero-order valence-electron chi connectivity index (χ0n) is 9.97. The van der Waals surface area contributed by atoms with Gasteiger partial charge in [0.2, 0.25) is 0 Å². The van der Waals surface area contributed by atoms with Gasteiger partial charge in [0.25, 0.3) is 0 Å². The molecule has 1 saturated heterocycles. The predicted octanol–water partition coefficient (Wildman–Crippen LogP) is 3.53. The van der Waals surface area contributed by atoms with Gasteiger partial charge in [0, 0.05) is 6.54 Å². The van der Waals surface area contributed by atoms with Crippen LogP contribution in [-0.2, 0) is 15.7 Å². The molecular formula is C12H13ClF3NO2. The molecule has 2 rings (SSSR count). The molecule has 106 valence electrons. The molecule has 1 heterocycles. The Kier molecular flexibility index (Phi) is 4.54. The third-order valence-electron chi connectivity index (χ3n) is 2.79. The molecule has 0 amide bonds. The minimum Gasteiger partial charge on any atom is -0.381 e. The molecule has 19 heavy (non-hydrogen) atoms. The van der Waals surface area contributed by atoms with Gasteiger partial charge in [-0.2, -0.15) is 13.2 Å². The summed E-state index contributed by atoms with van der Waals surface area (Å²) >= 11 is 5.83. The fourth-order valence-corrected chi connectivity index (χ4v) is 1.97. The number of rotatable bonds is 3. The molecule has 7 heteroatoms. The summed E-state index contributed by atoms with van der Waals surface area (Å²) in [5.74, 6) is 0. The van der Waals surface area contributed by atoms with Gasteiger partial charge in [0.1, 0.15) is 6.79 Å². The Morgan fingerprint density at radius 2 is 2.16 bits per heavy atom. The highest BCUT2D eigenvalue weighted by atomic mass is 35.5. The Morgan fingerprint density at radius 1 is 1.37 bits per heavy atom. The summed E-state index contributed by atoms with van der Waals surface area (Å²) in [6.07, 6.45) is -3.66. The summed E-state index contributed by atoms with van der Waals surface area (Å²) in [5, 5.41) is 3.02. The second kappa shape index (κ2) is 5.98. The van der Waals surface area contributed by atoms with Crippen molar-refractivity contribution in [1.29, 1.82) is 0 Å². The van der Waals surface area contributed by atoms with E-state index in [4.69, 9.17) is 21.1 Å². The van der Waals surface area contributed by atoms with E-state index in [1.807, 2.05) is 0 Å². The van der Waals surface area contributed by atoms with Crippen molar-refractivity contribution in [3.8, 4) is 0 Å². The van der Waals surface area contributed by atoms with E-state index in [-0.39, 0.29) is 17.9 Å². The van der Waals surface area contributed by atoms with Gasteiger partial charge in [-0.25, -0.2) is 0 Å². The van der Waals surface area contributed by atoms with Crippen molar-refractivity contribution >= 4 is 17.3 Å². The van der Waals surface area contributed by atoms with Crippen molar-refractivity contribution in [1.82, 2.24) is 0 Å². The van der Waals surface area contributed by atoms with Gasteiger partial charge >= 0.3 is 6.18 Å². The van der Waals surface area contributed by atoms with E-state index in [2.05, 4.69) is 5.32 Å². The van der Waals surface area contributed by atoms with Crippen LogP contribution in [0.25, 0.3) is 0 Å². The summed E-state index contributed by atoms with van der Waals surface area (Å²) in [4.78, 5) is 0. The first-order valence-electron chi connectivity index (χ1n) is 5.77. The number of halogens is 4. The maximum Gasteiger partial charge on any atom is 0.416 e. The first-order valence-corrected chi connectivity index (χ1v) is 6.14. The van der Waals surface area contributed by atoms with E-state index in [0.717, 1.165) is 18.6 Å². The quantitative estimate of drug-likeness (QED) is 0.925. The number of alkyl halides is 3. The van der Waals surface area contributed by atoms with E-state index in [1.165, 1.54) is 6.07 Å². The monoisotopic (exact) mass is 295 g/mol. The van der Waals surface area contributed by atoms with Crippen molar-refractivity contribution in [2.45, 2.75) is 18.7 Å². The van der Waals surface area contributed by atoms with Crippen LogP contribution in [0.1, 0.15) is 12.0 Å². The molecule has 1 N–H and O–H groups in total. The molecule has 0 radical (unpaired) electrons. The second-order valence-electron chi connectivity index (χ2n) is 4.18. The molecule has 1 aromatic carbocycles. The number of hydrogen-bond acceptors (Lipinski definition) is 3. The van der Waals surface area contributed by atoms with Crippen LogP contribution >= 0.6 is 11.6 Å². The minimum atomic E-state index is -4.38. The van der Waals surface area contributed by atoms with E-state index >= 15 is 0 Å². The van der Waals surface area contributed by atoms with E-state index in [9.17, 15) is 13.2 Å². The smallest absolute Gasteiger partial charge is 0.381 e. The molecule has 1 aromatic rings. The van der Waals surface area contributed by atoms with Crippen LogP contribution in [0, 0.1) is 0 Å². The van der Waals surface area contributed by atoms with Gasteiger partial charge in [-0.15, -0.1) is 0 Å². The minimum absolute atomic E-state index is 0.0212. The first kappa shape index (κ1) is 14.4. The standard InChI is InChI=1S/C12H13ClF3NO2/c13-10-5-8(12(14,15)16)1-2-11(10)17-6-9-3-4-18-7-19-9/h1-2,5,9,17H,3-4,6-7H2. The summed E-state index contributed by atoms with van der Waals surface area (Å²) in [6.45, 7) is 1.34. The number of anilines is 1.